The Bertz CT molecular complexity index is 880. The lowest BCUT2D eigenvalue weighted by atomic mass is 10.1. The maximum absolute atomic E-state index is 12.7. The Morgan fingerprint density at radius 2 is 2.08 bits per heavy atom. The number of hydrogen-bond acceptors (Lipinski definition) is 6. The number of pyridine rings is 1. The first-order chi connectivity index (χ1) is 11.7. The van der Waals surface area contributed by atoms with Crippen LogP contribution in [-0.2, 0) is 0 Å². The van der Waals surface area contributed by atoms with E-state index in [2.05, 4.69) is 9.98 Å². The lowest BCUT2D eigenvalue weighted by molar-refractivity contribution is -0.384. The molecule has 4 rings (SSSR count). The van der Waals surface area contributed by atoms with Gasteiger partial charge in [-0.1, -0.05) is 6.07 Å². The van der Waals surface area contributed by atoms with Crippen LogP contribution in [0.3, 0.4) is 0 Å². The fraction of sp³-hybridized carbons (Fsp3) is 0.188. The summed E-state index contributed by atoms with van der Waals surface area (Å²) in [6.07, 6.45) is 2.38. The third-order valence-electron chi connectivity index (χ3n) is 4.01. The zero-order valence-corrected chi connectivity index (χ0v) is 12.6. The van der Waals surface area contributed by atoms with E-state index in [0.717, 1.165) is 6.42 Å². The average Bonchev–Trinajstić information content (AvgIpc) is 2.62. The molecule has 0 bridgehead atoms. The molecular formula is C16H13N5O3. The average molecular weight is 323 g/mol. The van der Waals surface area contributed by atoms with Gasteiger partial charge >= 0.3 is 0 Å². The highest BCUT2D eigenvalue weighted by Gasteiger charge is 2.38. The topological polar surface area (TPSA) is 91.9 Å². The van der Waals surface area contributed by atoms with Gasteiger partial charge < -0.3 is 0 Å². The van der Waals surface area contributed by atoms with Gasteiger partial charge in [-0.05, 0) is 24.6 Å². The summed E-state index contributed by atoms with van der Waals surface area (Å²) in [6, 6.07) is 9.66. The molecule has 120 valence electrons. The van der Waals surface area contributed by atoms with Crippen molar-refractivity contribution in [1.82, 2.24) is 9.88 Å². The monoisotopic (exact) mass is 323 g/mol. The normalized spacial score (nSPS) is 16.3. The number of aliphatic imine (C=N–C) groups is 1. The Morgan fingerprint density at radius 3 is 2.92 bits per heavy atom. The predicted molar refractivity (Wildman–Crippen MR) is 87.4 cm³/mol. The van der Waals surface area contributed by atoms with Gasteiger partial charge in [-0.3, -0.25) is 29.7 Å². The van der Waals surface area contributed by atoms with Crippen molar-refractivity contribution in [1.29, 1.82) is 0 Å². The second kappa shape index (κ2) is 5.41. The molecule has 0 N–H and O–H groups in total. The molecule has 0 aliphatic carbocycles. The summed E-state index contributed by atoms with van der Waals surface area (Å²) in [5.74, 6) is 0.774. The highest BCUT2D eigenvalue weighted by atomic mass is 16.6. The number of carbonyl (C=O) groups is 1. The molecule has 1 aromatic carbocycles. The molecule has 2 aromatic rings. The molecule has 2 aliphatic rings. The lowest BCUT2D eigenvalue weighted by Crippen LogP contribution is -2.52. The van der Waals surface area contributed by atoms with E-state index >= 15 is 0 Å². The summed E-state index contributed by atoms with van der Waals surface area (Å²) in [4.78, 5) is 35.4. The van der Waals surface area contributed by atoms with Gasteiger partial charge in [-0.25, -0.2) is 4.98 Å². The zero-order valence-electron chi connectivity index (χ0n) is 12.6. The quantitative estimate of drug-likeness (QED) is 0.625. The third kappa shape index (κ3) is 2.11. The van der Waals surface area contributed by atoms with Crippen molar-refractivity contribution in [2.45, 2.75) is 6.42 Å². The minimum Gasteiger partial charge on any atom is -0.278 e. The number of guanidine groups is 1. The van der Waals surface area contributed by atoms with Gasteiger partial charge in [0.25, 0.3) is 11.6 Å². The van der Waals surface area contributed by atoms with Crippen LogP contribution in [0.1, 0.15) is 16.8 Å². The van der Waals surface area contributed by atoms with Crippen LogP contribution < -0.4 is 4.90 Å². The van der Waals surface area contributed by atoms with E-state index in [4.69, 9.17) is 0 Å². The van der Waals surface area contributed by atoms with E-state index in [9.17, 15) is 14.9 Å². The maximum atomic E-state index is 12.7. The van der Waals surface area contributed by atoms with Gasteiger partial charge in [-0.15, -0.1) is 0 Å². The largest absolute Gasteiger partial charge is 0.278 e. The van der Waals surface area contributed by atoms with Gasteiger partial charge in [-0.2, -0.15) is 0 Å². The van der Waals surface area contributed by atoms with Crippen LogP contribution in [-0.4, -0.2) is 39.8 Å². The molecule has 0 radical (unpaired) electrons. The van der Waals surface area contributed by atoms with Crippen molar-refractivity contribution < 1.29 is 9.72 Å². The number of fused-ring (bicyclic) bond motifs is 2. The molecule has 8 heteroatoms. The number of non-ortho nitro benzene ring substituents is 1. The number of carbonyl (C=O) groups excluding carboxylic acids is 1. The van der Waals surface area contributed by atoms with Gasteiger partial charge in [0, 0.05) is 31.4 Å². The van der Waals surface area contributed by atoms with E-state index in [-0.39, 0.29) is 11.6 Å². The molecular weight excluding hydrogens is 310 g/mol. The second-order valence-corrected chi connectivity index (χ2v) is 5.48. The van der Waals surface area contributed by atoms with Crippen LogP contribution in [0.4, 0.5) is 17.2 Å². The Hall–Kier alpha value is -3.29. The minimum atomic E-state index is -0.446. The van der Waals surface area contributed by atoms with E-state index in [1.165, 1.54) is 12.1 Å². The number of nitro groups is 1. The number of benzene rings is 1. The number of hydrogen-bond donors (Lipinski definition) is 0. The zero-order chi connectivity index (χ0) is 16.7. The Balaban J connectivity index is 1.93. The molecule has 0 atom stereocenters. The number of amides is 1. The van der Waals surface area contributed by atoms with E-state index < -0.39 is 4.92 Å². The van der Waals surface area contributed by atoms with Gasteiger partial charge in [0.15, 0.2) is 5.82 Å². The lowest BCUT2D eigenvalue weighted by Gasteiger charge is -2.39. The summed E-state index contributed by atoms with van der Waals surface area (Å²) >= 11 is 0. The van der Waals surface area contributed by atoms with Gasteiger partial charge in [0.2, 0.25) is 5.96 Å². The van der Waals surface area contributed by atoms with Crippen LogP contribution in [0.5, 0.6) is 0 Å². The second-order valence-electron chi connectivity index (χ2n) is 5.48. The minimum absolute atomic E-state index is 0.0233. The number of nitrogens with zero attached hydrogens (tertiary/aromatic N) is 5. The van der Waals surface area contributed by atoms with Crippen LogP contribution in [0.15, 0.2) is 47.6 Å². The van der Waals surface area contributed by atoms with Crippen LogP contribution in [0, 0.1) is 10.1 Å². The van der Waals surface area contributed by atoms with Crippen molar-refractivity contribution >= 4 is 29.1 Å². The van der Waals surface area contributed by atoms with E-state index in [1.54, 1.807) is 40.3 Å². The van der Waals surface area contributed by atoms with Crippen molar-refractivity contribution in [3.05, 3.63) is 58.3 Å². The summed E-state index contributed by atoms with van der Waals surface area (Å²) in [6.45, 7) is 1.17. The molecule has 0 fully saturated rings. The smallest absolute Gasteiger partial charge is 0.271 e. The highest BCUT2D eigenvalue weighted by Crippen LogP contribution is 2.35. The first kappa shape index (κ1) is 14.3. The fourth-order valence-corrected chi connectivity index (χ4v) is 2.94. The highest BCUT2D eigenvalue weighted by molar-refractivity contribution is 6.20. The summed E-state index contributed by atoms with van der Waals surface area (Å²) in [5.41, 5.74) is 0.997. The molecule has 24 heavy (non-hydrogen) atoms. The third-order valence-corrected chi connectivity index (χ3v) is 4.01. The molecule has 1 aromatic heterocycles. The number of aromatic nitrogens is 1. The van der Waals surface area contributed by atoms with Crippen LogP contribution >= 0.6 is 0 Å². The maximum Gasteiger partial charge on any atom is 0.271 e. The molecule has 8 nitrogen and oxygen atoms in total. The molecule has 0 saturated heterocycles. The van der Waals surface area contributed by atoms with Crippen molar-refractivity contribution in [2.24, 2.45) is 4.99 Å². The van der Waals surface area contributed by atoms with Crippen molar-refractivity contribution in [3.8, 4) is 0 Å². The van der Waals surface area contributed by atoms with Gasteiger partial charge in [0.1, 0.15) is 0 Å². The van der Waals surface area contributed by atoms with Crippen molar-refractivity contribution in [2.75, 3.05) is 18.0 Å². The number of nitro benzene ring substituents is 1. The number of anilines is 2. The summed E-state index contributed by atoms with van der Waals surface area (Å²) in [5, 5.41) is 11.1. The molecule has 1 amide bonds. The SMILES string of the molecule is O=C1c2cccnc2N(c2cccc([N+](=O)[O-])c2)C2=NCCCN12. The molecule has 3 heterocycles. The molecule has 0 saturated carbocycles. The van der Waals surface area contributed by atoms with Crippen LogP contribution in [0.25, 0.3) is 0 Å². The Labute approximate surface area is 137 Å². The van der Waals surface area contributed by atoms with E-state index in [0.29, 0.717) is 36.1 Å². The Kier molecular flexibility index (Phi) is 3.23. The summed E-state index contributed by atoms with van der Waals surface area (Å²) < 4.78 is 0. The number of rotatable bonds is 2. The van der Waals surface area contributed by atoms with Crippen LogP contribution in [0.2, 0.25) is 0 Å². The van der Waals surface area contributed by atoms with E-state index in [1.807, 2.05) is 0 Å². The molecule has 2 aliphatic heterocycles. The molecule has 0 spiro atoms. The first-order valence-electron chi connectivity index (χ1n) is 7.53. The van der Waals surface area contributed by atoms with Crippen molar-refractivity contribution in [3.63, 3.8) is 0 Å². The molecule has 0 unspecified atom stereocenters. The Morgan fingerprint density at radius 1 is 1.21 bits per heavy atom. The fourth-order valence-electron chi connectivity index (χ4n) is 2.94. The predicted octanol–water partition coefficient (Wildman–Crippen LogP) is 2.34. The van der Waals surface area contributed by atoms with Gasteiger partial charge in [0.05, 0.1) is 16.2 Å². The summed E-state index contributed by atoms with van der Waals surface area (Å²) in [7, 11) is 0. The standard InChI is InChI=1S/C16H13N5O3/c22-15-13-6-2-7-17-14(13)20(16-18-8-3-9-19(15)16)11-4-1-5-12(10-11)21(23)24/h1-2,4-7,10H,3,8-9H2. The first-order valence-corrected chi connectivity index (χ1v) is 7.53.